The number of nitriles is 1. The molecule has 2 aromatic rings. The molecule has 1 amide bonds. The average Bonchev–Trinajstić information content (AvgIpc) is 2.49. The molecular weight excluding hydrogens is 250 g/mol. The summed E-state index contributed by atoms with van der Waals surface area (Å²) in [6, 6.07) is 16.1. The summed E-state index contributed by atoms with van der Waals surface area (Å²) in [5.41, 5.74) is 8.47. The van der Waals surface area contributed by atoms with Gasteiger partial charge in [0.15, 0.2) is 0 Å². The third-order valence-corrected chi connectivity index (χ3v) is 3.01. The van der Waals surface area contributed by atoms with Crippen LogP contribution >= 0.6 is 0 Å². The van der Waals surface area contributed by atoms with Crippen LogP contribution in [0, 0.1) is 11.3 Å². The molecular formula is C16H15N3O. The van der Waals surface area contributed by atoms with Gasteiger partial charge in [0.1, 0.15) is 0 Å². The van der Waals surface area contributed by atoms with Gasteiger partial charge in [0.25, 0.3) is 5.91 Å². The summed E-state index contributed by atoms with van der Waals surface area (Å²) in [5, 5.41) is 8.74. The highest BCUT2D eigenvalue weighted by Crippen LogP contribution is 2.11. The molecule has 0 atom stereocenters. The lowest BCUT2D eigenvalue weighted by molar-refractivity contribution is 0.0785. The monoisotopic (exact) mass is 265 g/mol. The van der Waals surface area contributed by atoms with Crippen molar-refractivity contribution in [1.82, 2.24) is 4.90 Å². The maximum atomic E-state index is 12.2. The second-order valence-electron chi connectivity index (χ2n) is 4.59. The number of hydrogen-bond donors (Lipinski definition) is 1. The molecule has 4 nitrogen and oxygen atoms in total. The summed E-state index contributed by atoms with van der Waals surface area (Å²) in [6.07, 6.45) is 0. The number of nitrogens with zero attached hydrogens (tertiary/aromatic N) is 2. The topological polar surface area (TPSA) is 70.1 Å². The van der Waals surface area contributed by atoms with E-state index in [1.165, 1.54) is 0 Å². The molecule has 100 valence electrons. The van der Waals surface area contributed by atoms with E-state index < -0.39 is 0 Å². The molecule has 0 heterocycles. The summed E-state index contributed by atoms with van der Waals surface area (Å²) in [6.45, 7) is 0.513. The third kappa shape index (κ3) is 3.15. The number of rotatable bonds is 3. The Balaban J connectivity index is 2.08. The van der Waals surface area contributed by atoms with Crippen molar-refractivity contribution >= 4 is 11.6 Å². The maximum absolute atomic E-state index is 12.2. The first-order chi connectivity index (χ1) is 9.60. The Labute approximate surface area is 118 Å². The Morgan fingerprint density at radius 2 is 1.75 bits per heavy atom. The van der Waals surface area contributed by atoms with Gasteiger partial charge in [-0.15, -0.1) is 0 Å². The predicted molar refractivity (Wildman–Crippen MR) is 77.8 cm³/mol. The highest BCUT2D eigenvalue weighted by atomic mass is 16.2. The molecule has 0 saturated carbocycles. The van der Waals surface area contributed by atoms with E-state index in [0.717, 1.165) is 5.56 Å². The minimum Gasteiger partial charge on any atom is -0.399 e. The number of nitrogens with two attached hydrogens (primary N) is 1. The van der Waals surface area contributed by atoms with Crippen molar-refractivity contribution in [2.45, 2.75) is 6.54 Å². The number of anilines is 1. The predicted octanol–water partition coefficient (Wildman–Crippen LogP) is 2.41. The second-order valence-corrected chi connectivity index (χ2v) is 4.59. The number of hydrogen-bond acceptors (Lipinski definition) is 3. The van der Waals surface area contributed by atoms with Crippen molar-refractivity contribution in [3.05, 3.63) is 65.2 Å². The third-order valence-electron chi connectivity index (χ3n) is 3.01. The molecule has 0 spiro atoms. The van der Waals surface area contributed by atoms with Gasteiger partial charge in [-0.1, -0.05) is 12.1 Å². The number of carbonyl (C=O) groups excluding carboxylic acids is 1. The Bertz CT molecular complexity index is 639. The fourth-order valence-electron chi connectivity index (χ4n) is 1.88. The van der Waals surface area contributed by atoms with Crippen LogP contribution in [0.2, 0.25) is 0 Å². The van der Waals surface area contributed by atoms with Crippen LogP contribution < -0.4 is 5.73 Å². The number of nitrogen functional groups attached to an aromatic ring is 1. The molecule has 20 heavy (non-hydrogen) atoms. The molecule has 2 rings (SSSR count). The van der Waals surface area contributed by atoms with Gasteiger partial charge < -0.3 is 10.6 Å². The summed E-state index contributed by atoms with van der Waals surface area (Å²) in [7, 11) is 1.75. The minimum absolute atomic E-state index is 0.0775. The summed E-state index contributed by atoms with van der Waals surface area (Å²) >= 11 is 0. The highest BCUT2D eigenvalue weighted by molar-refractivity contribution is 5.94. The molecule has 2 aromatic carbocycles. The molecule has 4 heteroatoms. The Morgan fingerprint density at radius 1 is 1.15 bits per heavy atom. The van der Waals surface area contributed by atoms with Crippen LogP contribution in [0.5, 0.6) is 0 Å². The lowest BCUT2D eigenvalue weighted by Gasteiger charge is -2.17. The van der Waals surface area contributed by atoms with Crippen LogP contribution in [0.4, 0.5) is 5.69 Å². The van der Waals surface area contributed by atoms with Gasteiger partial charge in [-0.05, 0) is 42.0 Å². The lowest BCUT2D eigenvalue weighted by Crippen LogP contribution is -2.26. The number of amides is 1. The van der Waals surface area contributed by atoms with E-state index in [4.69, 9.17) is 11.0 Å². The molecule has 2 N–H and O–H groups in total. The molecule has 0 aliphatic carbocycles. The van der Waals surface area contributed by atoms with Crippen LogP contribution in [0.25, 0.3) is 0 Å². The van der Waals surface area contributed by atoms with Gasteiger partial charge in [-0.25, -0.2) is 0 Å². The standard InChI is InChI=1S/C16H15N3O/c1-19(11-13-4-8-15(18)9-5-13)16(20)14-6-2-12(10-17)3-7-14/h2-9H,11,18H2,1H3. The Morgan fingerprint density at radius 3 is 2.30 bits per heavy atom. The van der Waals surface area contributed by atoms with Gasteiger partial charge >= 0.3 is 0 Å². The fraction of sp³-hybridized carbons (Fsp3) is 0.125. The Kier molecular flexibility index (Phi) is 4.02. The lowest BCUT2D eigenvalue weighted by atomic mass is 10.1. The summed E-state index contributed by atoms with van der Waals surface area (Å²) < 4.78 is 0. The Hall–Kier alpha value is -2.80. The summed E-state index contributed by atoms with van der Waals surface area (Å²) in [4.78, 5) is 13.9. The molecule has 0 aromatic heterocycles. The second kappa shape index (κ2) is 5.89. The molecule has 0 saturated heterocycles. The van der Waals surface area contributed by atoms with Gasteiger partial charge in [0.05, 0.1) is 11.6 Å². The van der Waals surface area contributed by atoms with Crippen molar-refractivity contribution in [2.24, 2.45) is 0 Å². The zero-order chi connectivity index (χ0) is 14.5. The van der Waals surface area contributed by atoms with E-state index in [9.17, 15) is 4.79 Å². The highest BCUT2D eigenvalue weighted by Gasteiger charge is 2.11. The first kappa shape index (κ1) is 13.6. The largest absolute Gasteiger partial charge is 0.399 e. The fourth-order valence-corrected chi connectivity index (χ4v) is 1.88. The number of carbonyl (C=O) groups is 1. The van der Waals surface area contributed by atoms with Crippen molar-refractivity contribution in [3.63, 3.8) is 0 Å². The van der Waals surface area contributed by atoms with Crippen LogP contribution in [-0.2, 0) is 6.54 Å². The first-order valence-electron chi connectivity index (χ1n) is 6.20. The number of benzene rings is 2. The smallest absolute Gasteiger partial charge is 0.253 e. The van der Waals surface area contributed by atoms with Crippen molar-refractivity contribution in [1.29, 1.82) is 5.26 Å². The first-order valence-corrected chi connectivity index (χ1v) is 6.20. The van der Waals surface area contributed by atoms with E-state index in [1.807, 2.05) is 30.3 Å². The molecule has 0 fully saturated rings. The van der Waals surface area contributed by atoms with Crippen LogP contribution in [-0.4, -0.2) is 17.9 Å². The minimum atomic E-state index is -0.0775. The van der Waals surface area contributed by atoms with E-state index in [2.05, 4.69) is 0 Å². The van der Waals surface area contributed by atoms with Gasteiger partial charge in [-0.2, -0.15) is 5.26 Å². The normalized spacial score (nSPS) is 9.80. The van der Waals surface area contributed by atoms with Crippen LogP contribution in [0.3, 0.4) is 0 Å². The maximum Gasteiger partial charge on any atom is 0.253 e. The molecule has 0 aliphatic heterocycles. The van der Waals surface area contributed by atoms with E-state index in [-0.39, 0.29) is 5.91 Å². The van der Waals surface area contributed by atoms with Gasteiger partial charge in [-0.3, -0.25) is 4.79 Å². The average molecular weight is 265 g/mol. The van der Waals surface area contributed by atoms with Crippen LogP contribution in [0.15, 0.2) is 48.5 Å². The zero-order valence-electron chi connectivity index (χ0n) is 11.2. The van der Waals surface area contributed by atoms with Crippen molar-refractivity contribution in [3.8, 4) is 6.07 Å². The van der Waals surface area contributed by atoms with E-state index in [0.29, 0.717) is 23.4 Å². The van der Waals surface area contributed by atoms with E-state index in [1.54, 1.807) is 36.2 Å². The molecule has 0 radical (unpaired) electrons. The van der Waals surface area contributed by atoms with E-state index >= 15 is 0 Å². The quantitative estimate of drug-likeness (QED) is 0.866. The molecule has 0 bridgehead atoms. The molecule has 0 unspecified atom stereocenters. The molecule has 0 aliphatic rings. The zero-order valence-corrected chi connectivity index (χ0v) is 11.2. The summed E-state index contributed by atoms with van der Waals surface area (Å²) in [5.74, 6) is -0.0775. The van der Waals surface area contributed by atoms with Crippen LogP contribution in [0.1, 0.15) is 21.5 Å². The van der Waals surface area contributed by atoms with Crippen molar-refractivity contribution in [2.75, 3.05) is 12.8 Å². The van der Waals surface area contributed by atoms with Gasteiger partial charge in [0, 0.05) is 24.8 Å². The SMILES string of the molecule is CN(Cc1ccc(N)cc1)C(=O)c1ccc(C#N)cc1. The van der Waals surface area contributed by atoms with Crippen molar-refractivity contribution < 1.29 is 4.79 Å². The van der Waals surface area contributed by atoms with Gasteiger partial charge in [0.2, 0.25) is 0 Å².